The average molecular weight is 297 g/mol. The molecule has 0 unspecified atom stereocenters. The summed E-state index contributed by atoms with van der Waals surface area (Å²) in [6, 6.07) is -1.17. The lowest BCUT2D eigenvalue weighted by atomic mass is 10.1. The summed E-state index contributed by atoms with van der Waals surface area (Å²) in [4.78, 5) is 40.6. The first kappa shape index (κ1) is 16.7. The van der Waals surface area contributed by atoms with E-state index in [4.69, 9.17) is 9.84 Å². The third-order valence-electron chi connectivity index (χ3n) is 2.40. The van der Waals surface area contributed by atoms with Crippen LogP contribution in [0.4, 0.5) is 0 Å². The first-order valence-electron chi connectivity index (χ1n) is 6.43. The molecule has 0 aliphatic heterocycles. The highest BCUT2D eigenvalue weighted by atomic mass is 16.6. The van der Waals surface area contributed by atoms with Crippen LogP contribution in [0.5, 0.6) is 0 Å². The summed E-state index contributed by atoms with van der Waals surface area (Å²) in [6.07, 6.45) is 2.44. The molecular weight excluding hydrogens is 278 g/mol. The molecule has 0 bridgehead atoms. The number of aromatic amines is 1. The number of hydrogen-bond donors (Lipinski definition) is 3. The number of carboxylic acids is 1. The number of amides is 1. The summed E-state index contributed by atoms with van der Waals surface area (Å²) in [6.45, 7) is 5.17. The lowest BCUT2D eigenvalue weighted by molar-refractivity contribution is -0.155. The minimum absolute atomic E-state index is 0.0515. The van der Waals surface area contributed by atoms with Crippen LogP contribution in [0.3, 0.4) is 0 Å². The summed E-state index contributed by atoms with van der Waals surface area (Å²) in [5, 5.41) is 11.4. The van der Waals surface area contributed by atoms with Crippen LogP contribution in [0, 0.1) is 0 Å². The van der Waals surface area contributed by atoms with Gasteiger partial charge in [-0.3, -0.25) is 9.59 Å². The fourth-order valence-electron chi connectivity index (χ4n) is 1.53. The number of aromatic nitrogens is 2. The number of carboxylic acid groups (broad SMARTS) is 1. The summed E-state index contributed by atoms with van der Waals surface area (Å²) in [7, 11) is 0. The Morgan fingerprint density at radius 3 is 2.57 bits per heavy atom. The molecule has 0 saturated heterocycles. The molecule has 0 aliphatic rings. The molecule has 0 aliphatic carbocycles. The number of hydrogen-bond acceptors (Lipinski definition) is 5. The Balaban J connectivity index is 2.53. The van der Waals surface area contributed by atoms with Crippen LogP contribution < -0.4 is 5.32 Å². The molecule has 1 aromatic rings. The highest BCUT2D eigenvalue weighted by Gasteiger charge is 2.24. The molecule has 1 heterocycles. The monoisotopic (exact) mass is 297 g/mol. The fourth-order valence-corrected chi connectivity index (χ4v) is 1.53. The number of carbonyl (C=O) groups is 3. The van der Waals surface area contributed by atoms with E-state index in [0.717, 1.165) is 0 Å². The number of esters is 1. The summed E-state index contributed by atoms with van der Waals surface area (Å²) in [5.41, 5.74) is -0.479. The SMILES string of the molecule is CC(C)(C)OC(=O)CC[C@@H](NC(=O)c1cnc[nH]1)C(=O)O. The van der Waals surface area contributed by atoms with Crippen LogP contribution in [-0.4, -0.2) is 44.6 Å². The first-order chi connectivity index (χ1) is 9.69. The molecule has 0 saturated carbocycles. The van der Waals surface area contributed by atoms with Crippen molar-refractivity contribution in [3.05, 3.63) is 18.2 Å². The second-order valence-corrected chi connectivity index (χ2v) is 5.45. The Labute approximate surface area is 121 Å². The average Bonchev–Trinajstić information content (AvgIpc) is 2.85. The van der Waals surface area contributed by atoms with Gasteiger partial charge >= 0.3 is 11.9 Å². The fraction of sp³-hybridized carbons (Fsp3) is 0.538. The van der Waals surface area contributed by atoms with E-state index >= 15 is 0 Å². The molecule has 21 heavy (non-hydrogen) atoms. The highest BCUT2D eigenvalue weighted by molar-refractivity contribution is 5.94. The van der Waals surface area contributed by atoms with E-state index in [2.05, 4.69) is 15.3 Å². The van der Waals surface area contributed by atoms with Gasteiger partial charge in [0.1, 0.15) is 17.3 Å². The Kier molecular flexibility index (Phi) is 5.45. The standard InChI is InChI=1S/C13H19N3O5/c1-13(2,3)21-10(17)5-4-8(12(19)20)16-11(18)9-6-14-7-15-9/h6-8H,4-5H2,1-3H3,(H,14,15)(H,16,18)(H,19,20)/t8-/m1/s1. The van der Waals surface area contributed by atoms with Crippen LogP contribution in [-0.2, 0) is 14.3 Å². The van der Waals surface area contributed by atoms with Crippen molar-refractivity contribution < 1.29 is 24.2 Å². The normalized spacial score (nSPS) is 12.5. The van der Waals surface area contributed by atoms with Gasteiger partial charge in [-0.25, -0.2) is 9.78 Å². The summed E-state index contributed by atoms with van der Waals surface area (Å²) >= 11 is 0. The third kappa shape index (κ3) is 6.07. The molecule has 3 N–H and O–H groups in total. The third-order valence-corrected chi connectivity index (χ3v) is 2.40. The van der Waals surface area contributed by atoms with Gasteiger partial charge in [0.2, 0.25) is 0 Å². The van der Waals surface area contributed by atoms with Gasteiger partial charge in [-0.1, -0.05) is 0 Å². The number of rotatable bonds is 6. The second kappa shape index (κ2) is 6.87. The molecule has 0 aromatic carbocycles. The van der Waals surface area contributed by atoms with Gasteiger partial charge < -0.3 is 20.1 Å². The molecule has 8 nitrogen and oxygen atoms in total. The van der Waals surface area contributed by atoms with Crippen LogP contribution in [0.15, 0.2) is 12.5 Å². The van der Waals surface area contributed by atoms with Crippen LogP contribution in [0.25, 0.3) is 0 Å². The van der Waals surface area contributed by atoms with Crippen molar-refractivity contribution in [2.45, 2.75) is 45.3 Å². The highest BCUT2D eigenvalue weighted by Crippen LogP contribution is 2.10. The zero-order valence-corrected chi connectivity index (χ0v) is 12.2. The lowest BCUT2D eigenvalue weighted by Gasteiger charge is -2.20. The van der Waals surface area contributed by atoms with E-state index in [1.807, 2.05) is 0 Å². The van der Waals surface area contributed by atoms with E-state index in [1.165, 1.54) is 12.5 Å². The smallest absolute Gasteiger partial charge is 0.326 e. The number of carbonyl (C=O) groups excluding carboxylic acids is 2. The molecular formula is C13H19N3O5. The number of H-pyrrole nitrogens is 1. The molecule has 1 amide bonds. The largest absolute Gasteiger partial charge is 0.480 e. The topological polar surface area (TPSA) is 121 Å². The Morgan fingerprint density at radius 1 is 1.43 bits per heavy atom. The summed E-state index contributed by atoms with van der Waals surface area (Å²) in [5.74, 6) is -2.32. The van der Waals surface area contributed by atoms with Gasteiger partial charge in [0, 0.05) is 6.42 Å². The van der Waals surface area contributed by atoms with Gasteiger partial charge in [-0.2, -0.15) is 0 Å². The number of ether oxygens (including phenoxy) is 1. The van der Waals surface area contributed by atoms with Crippen LogP contribution in [0.2, 0.25) is 0 Å². The predicted octanol–water partition coefficient (Wildman–Crippen LogP) is 0.715. The number of nitrogens with zero attached hydrogens (tertiary/aromatic N) is 1. The van der Waals surface area contributed by atoms with Gasteiger partial charge in [0.25, 0.3) is 5.91 Å². The van der Waals surface area contributed by atoms with Crippen molar-refractivity contribution >= 4 is 17.8 Å². The van der Waals surface area contributed by atoms with Crippen molar-refractivity contribution in [1.29, 1.82) is 0 Å². The van der Waals surface area contributed by atoms with Gasteiger partial charge in [0.15, 0.2) is 0 Å². The van der Waals surface area contributed by atoms with E-state index < -0.39 is 29.5 Å². The van der Waals surface area contributed by atoms with E-state index in [9.17, 15) is 14.4 Å². The molecule has 1 atom stereocenters. The van der Waals surface area contributed by atoms with Crippen molar-refractivity contribution in [2.75, 3.05) is 0 Å². The maximum absolute atomic E-state index is 11.7. The molecule has 116 valence electrons. The number of nitrogens with one attached hydrogen (secondary N) is 2. The van der Waals surface area contributed by atoms with Gasteiger partial charge in [-0.15, -0.1) is 0 Å². The van der Waals surface area contributed by atoms with E-state index in [1.54, 1.807) is 20.8 Å². The van der Waals surface area contributed by atoms with E-state index in [-0.39, 0.29) is 18.5 Å². The molecule has 0 radical (unpaired) electrons. The number of aliphatic carboxylic acids is 1. The van der Waals surface area contributed by atoms with Crippen LogP contribution in [0.1, 0.15) is 44.1 Å². The number of imidazole rings is 1. The zero-order valence-electron chi connectivity index (χ0n) is 12.2. The molecule has 1 rings (SSSR count). The van der Waals surface area contributed by atoms with Crippen molar-refractivity contribution in [1.82, 2.24) is 15.3 Å². The maximum atomic E-state index is 11.7. The molecule has 0 fully saturated rings. The zero-order chi connectivity index (χ0) is 16.0. The maximum Gasteiger partial charge on any atom is 0.326 e. The van der Waals surface area contributed by atoms with Gasteiger partial charge in [-0.05, 0) is 27.2 Å². The minimum Gasteiger partial charge on any atom is -0.480 e. The first-order valence-corrected chi connectivity index (χ1v) is 6.43. The minimum atomic E-state index is -1.22. The summed E-state index contributed by atoms with van der Waals surface area (Å²) < 4.78 is 5.08. The van der Waals surface area contributed by atoms with Crippen molar-refractivity contribution in [3.63, 3.8) is 0 Å². The Bertz CT molecular complexity index is 504. The van der Waals surface area contributed by atoms with Crippen molar-refractivity contribution in [2.24, 2.45) is 0 Å². The van der Waals surface area contributed by atoms with E-state index in [0.29, 0.717) is 0 Å². The lowest BCUT2D eigenvalue weighted by Crippen LogP contribution is -2.41. The Morgan fingerprint density at radius 2 is 2.10 bits per heavy atom. The van der Waals surface area contributed by atoms with Crippen LogP contribution >= 0.6 is 0 Å². The predicted molar refractivity (Wildman–Crippen MR) is 72.6 cm³/mol. The Hall–Kier alpha value is -2.38. The quantitative estimate of drug-likeness (QED) is 0.665. The molecule has 0 spiro atoms. The second-order valence-electron chi connectivity index (χ2n) is 5.45. The van der Waals surface area contributed by atoms with Crippen molar-refractivity contribution in [3.8, 4) is 0 Å². The van der Waals surface area contributed by atoms with Gasteiger partial charge in [0.05, 0.1) is 12.5 Å². The molecule has 1 aromatic heterocycles. The molecule has 8 heteroatoms.